The highest BCUT2D eigenvalue weighted by molar-refractivity contribution is 9.10. The molecule has 0 aliphatic carbocycles. The first kappa shape index (κ1) is 21.3. The van der Waals surface area contributed by atoms with E-state index in [2.05, 4.69) is 31.1 Å². The summed E-state index contributed by atoms with van der Waals surface area (Å²) in [5, 5.41) is 6.51. The van der Waals surface area contributed by atoms with Crippen LogP contribution in [0.2, 0.25) is 0 Å². The molecule has 3 aromatic rings. The van der Waals surface area contributed by atoms with Crippen LogP contribution in [0, 0.1) is 13.8 Å². The maximum Gasteiger partial charge on any atom is 0.271 e. The lowest BCUT2D eigenvalue weighted by Gasteiger charge is -2.07. The summed E-state index contributed by atoms with van der Waals surface area (Å²) in [4.78, 5) is 12.0. The van der Waals surface area contributed by atoms with Gasteiger partial charge in [0.05, 0.1) is 0 Å². The number of carbonyl (C=O) groups excluding carboxylic acids is 1. The maximum absolute atomic E-state index is 12.7. The standard InChI is InChI=1S/C19H18BrN3O4S2/c1-11-10-14(4-7-16(11)20)23-29(25,26)18-9-6-15(28-18)5-8-17-19(21-13(3)24)12(2)22-27-17/h4-10,23H,1-3H3,(H,21,24)/b8-5+. The minimum atomic E-state index is -3.70. The molecule has 1 aromatic carbocycles. The monoisotopic (exact) mass is 495 g/mol. The minimum Gasteiger partial charge on any atom is -0.354 e. The molecule has 1 amide bonds. The summed E-state index contributed by atoms with van der Waals surface area (Å²) >= 11 is 4.51. The van der Waals surface area contributed by atoms with Gasteiger partial charge >= 0.3 is 0 Å². The number of hydrogen-bond donors (Lipinski definition) is 2. The Morgan fingerprint density at radius 2 is 1.97 bits per heavy atom. The highest BCUT2D eigenvalue weighted by Crippen LogP contribution is 2.28. The van der Waals surface area contributed by atoms with Crippen LogP contribution in [-0.2, 0) is 14.8 Å². The van der Waals surface area contributed by atoms with E-state index in [4.69, 9.17) is 4.52 Å². The Labute approximate surface area is 181 Å². The second-order valence-corrected chi connectivity index (χ2v) is 10.1. The number of thiophene rings is 1. The number of aromatic nitrogens is 1. The fourth-order valence-electron chi connectivity index (χ4n) is 2.47. The molecule has 0 saturated heterocycles. The van der Waals surface area contributed by atoms with Crippen molar-refractivity contribution in [3.05, 3.63) is 56.7 Å². The summed E-state index contributed by atoms with van der Waals surface area (Å²) in [6.07, 6.45) is 3.34. The molecular weight excluding hydrogens is 478 g/mol. The third-order valence-electron chi connectivity index (χ3n) is 3.87. The summed E-state index contributed by atoms with van der Waals surface area (Å²) in [6, 6.07) is 8.48. The highest BCUT2D eigenvalue weighted by Gasteiger charge is 2.17. The molecular formula is C19H18BrN3O4S2. The summed E-state index contributed by atoms with van der Waals surface area (Å²) in [5.74, 6) is 0.156. The first-order valence-electron chi connectivity index (χ1n) is 8.46. The number of nitrogens with zero attached hydrogens (tertiary/aromatic N) is 1. The Morgan fingerprint density at radius 3 is 2.66 bits per heavy atom. The Balaban J connectivity index is 1.79. The van der Waals surface area contributed by atoms with Crippen molar-refractivity contribution < 1.29 is 17.7 Å². The average Bonchev–Trinajstić information content (AvgIpc) is 3.24. The van der Waals surface area contributed by atoms with Gasteiger partial charge in [-0.3, -0.25) is 9.52 Å². The van der Waals surface area contributed by atoms with Gasteiger partial charge in [0.25, 0.3) is 10.0 Å². The van der Waals surface area contributed by atoms with Crippen molar-refractivity contribution in [3.8, 4) is 0 Å². The van der Waals surface area contributed by atoms with Gasteiger partial charge in [0.15, 0.2) is 5.76 Å². The zero-order chi connectivity index (χ0) is 21.2. The third-order valence-corrected chi connectivity index (χ3v) is 7.68. The van der Waals surface area contributed by atoms with Crippen LogP contribution in [-0.4, -0.2) is 19.5 Å². The molecule has 0 saturated carbocycles. The molecule has 0 aliphatic rings. The predicted molar refractivity (Wildman–Crippen MR) is 118 cm³/mol. The molecule has 0 unspecified atom stereocenters. The first-order chi connectivity index (χ1) is 13.7. The van der Waals surface area contributed by atoms with Gasteiger partial charge in [-0.15, -0.1) is 11.3 Å². The summed E-state index contributed by atoms with van der Waals surface area (Å²) in [6.45, 7) is 5.00. The topological polar surface area (TPSA) is 101 Å². The number of aryl methyl sites for hydroxylation is 2. The van der Waals surface area contributed by atoms with E-state index in [1.165, 1.54) is 6.92 Å². The number of halogens is 1. The van der Waals surface area contributed by atoms with Crippen molar-refractivity contribution in [2.45, 2.75) is 25.0 Å². The van der Waals surface area contributed by atoms with Crippen LogP contribution in [0.3, 0.4) is 0 Å². The highest BCUT2D eigenvalue weighted by atomic mass is 79.9. The van der Waals surface area contributed by atoms with E-state index in [0.717, 1.165) is 21.4 Å². The smallest absolute Gasteiger partial charge is 0.271 e. The molecule has 3 rings (SSSR count). The van der Waals surface area contributed by atoms with Crippen LogP contribution in [0.25, 0.3) is 12.2 Å². The van der Waals surface area contributed by atoms with Crippen LogP contribution in [0.15, 0.2) is 43.5 Å². The third kappa shape index (κ3) is 5.14. The van der Waals surface area contributed by atoms with Crippen LogP contribution in [0.4, 0.5) is 11.4 Å². The van der Waals surface area contributed by atoms with Crippen LogP contribution >= 0.6 is 27.3 Å². The van der Waals surface area contributed by atoms with Crippen LogP contribution in [0.1, 0.15) is 28.8 Å². The number of amides is 1. The van der Waals surface area contributed by atoms with Gasteiger partial charge in [-0.2, -0.15) is 0 Å². The number of nitrogens with one attached hydrogen (secondary N) is 2. The fraction of sp³-hybridized carbons (Fsp3) is 0.158. The molecule has 152 valence electrons. The van der Waals surface area contributed by atoms with Gasteiger partial charge < -0.3 is 9.84 Å². The lowest BCUT2D eigenvalue weighted by atomic mass is 10.2. The van der Waals surface area contributed by atoms with E-state index < -0.39 is 10.0 Å². The molecule has 0 spiro atoms. The molecule has 7 nitrogen and oxygen atoms in total. The molecule has 29 heavy (non-hydrogen) atoms. The van der Waals surface area contributed by atoms with E-state index in [0.29, 0.717) is 27.7 Å². The molecule has 0 aliphatic heterocycles. The second-order valence-electron chi connectivity index (χ2n) is 6.25. The number of anilines is 2. The molecule has 2 aromatic heterocycles. The Morgan fingerprint density at radius 1 is 1.21 bits per heavy atom. The van der Waals surface area contributed by atoms with E-state index in [9.17, 15) is 13.2 Å². The minimum absolute atomic E-state index is 0.188. The number of benzene rings is 1. The molecule has 0 radical (unpaired) electrons. The summed E-state index contributed by atoms with van der Waals surface area (Å²) in [7, 11) is -3.70. The van der Waals surface area contributed by atoms with Crippen molar-refractivity contribution >= 4 is 66.7 Å². The van der Waals surface area contributed by atoms with Crippen molar-refractivity contribution in [2.24, 2.45) is 0 Å². The lowest BCUT2D eigenvalue weighted by Crippen LogP contribution is -2.11. The number of hydrogen-bond acceptors (Lipinski definition) is 6. The molecule has 2 N–H and O–H groups in total. The quantitative estimate of drug-likeness (QED) is 0.498. The van der Waals surface area contributed by atoms with E-state index in [-0.39, 0.29) is 10.1 Å². The van der Waals surface area contributed by atoms with E-state index in [1.807, 2.05) is 6.92 Å². The van der Waals surface area contributed by atoms with E-state index in [1.54, 1.807) is 49.4 Å². The number of carbonyl (C=O) groups is 1. The van der Waals surface area contributed by atoms with Gasteiger partial charge in [-0.1, -0.05) is 21.1 Å². The SMILES string of the molecule is CC(=O)Nc1c(C)noc1/C=C/c1ccc(S(=O)(=O)Nc2ccc(Br)c(C)c2)s1. The molecule has 2 heterocycles. The first-order valence-corrected chi connectivity index (χ1v) is 11.6. The fourth-order valence-corrected chi connectivity index (χ4v) is 4.99. The summed E-state index contributed by atoms with van der Waals surface area (Å²) < 4.78 is 34.2. The zero-order valence-corrected chi connectivity index (χ0v) is 19.0. The van der Waals surface area contributed by atoms with Crippen molar-refractivity contribution in [1.29, 1.82) is 0 Å². The van der Waals surface area contributed by atoms with Crippen molar-refractivity contribution in [3.63, 3.8) is 0 Å². The van der Waals surface area contributed by atoms with Gasteiger partial charge in [0, 0.05) is 22.0 Å². The summed E-state index contributed by atoms with van der Waals surface area (Å²) in [5.41, 5.74) is 2.47. The average molecular weight is 496 g/mol. The van der Waals surface area contributed by atoms with Crippen LogP contribution in [0.5, 0.6) is 0 Å². The zero-order valence-electron chi connectivity index (χ0n) is 15.8. The Bertz CT molecular complexity index is 1200. The Hall–Kier alpha value is -2.43. The lowest BCUT2D eigenvalue weighted by molar-refractivity contribution is -0.114. The molecule has 0 fully saturated rings. The van der Waals surface area contributed by atoms with Gasteiger partial charge in [0.1, 0.15) is 15.6 Å². The van der Waals surface area contributed by atoms with E-state index >= 15 is 0 Å². The molecule has 0 bridgehead atoms. The largest absolute Gasteiger partial charge is 0.354 e. The number of rotatable bonds is 6. The van der Waals surface area contributed by atoms with Gasteiger partial charge in [0.2, 0.25) is 5.91 Å². The van der Waals surface area contributed by atoms with Crippen LogP contribution < -0.4 is 10.0 Å². The predicted octanol–water partition coefficient (Wildman–Crippen LogP) is 5.05. The Kier molecular flexibility index (Phi) is 6.25. The van der Waals surface area contributed by atoms with Crippen molar-refractivity contribution in [2.75, 3.05) is 10.0 Å². The van der Waals surface area contributed by atoms with Gasteiger partial charge in [-0.25, -0.2) is 8.42 Å². The molecule has 0 atom stereocenters. The number of sulfonamides is 1. The van der Waals surface area contributed by atoms with Gasteiger partial charge in [-0.05, 0) is 61.9 Å². The second kappa shape index (κ2) is 8.52. The normalized spacial score (nSPS) is 11.7. The maximum atomic E-state index is 12.7. The molecule has 10 heteroatoms. The van der Waals surface area contributed by atoms with Crippen molar-refractivity contribution in [1.82, 2.24) is 5.16 Å².